The number of aromatic amines is 1. The Balaban J connectivity index is 2.00. The van der Waals surface area contributed by atoms with Gasteiger partial charge in [-0.3, -0.25) is 0 Å². The van der Waals surface area contributed by atoms with Gasteiger partial charge in [0.15, 0.2) is 0 Å². The van der Waals surface area contributed by atoms with E-state index in [0.29, 0.717) is 16.7 Å². The Labute approximate surface area is 80.6 Å². The van der Waals surface area contributed by atoms with Crippen molar-refractivity contribution in [2.45, 2.75) is 18.9 Å². The Bertz CT molecular complexity index is 404. The third kappa shape index (κ3) is 0.997. The molecule has 2 bridgehead atoms. The smallest absolute Gasteiger partial charge is 0.238 e. The van der Waals surface area contributed by atoms with Crippen LogP contribution in [0.2, 0.25) is 0 Å². The Morgan fingerprint density at radius 2 is 2.38 bits per heavy atom. The first-order valence-electron chi connectivity index (χ1n) is 4.52. The second-order valence-electron chi connectivity index (χ2n) is 3.80. The first-order valence-corrected chi connectivity index (χ1v) is 4.93. The maximum absolute atomic E-state index is 5.07. The van der Waals surface area contributed by atoms with Crippen molar-refractivity contribution in [2.75, 3.05) is 0 Å². The number of H-pyrrole nitrogens is 1. The number of allylic oxidation sites excluding steroid dienone is 2. The van der Waals surface area contributed by atoms with E-state index in [9.17, 15) is 0 Å². The van der Waals surface area contributed by atoms with E-state index < -0.39 is 0 Å². The van der Waals surface area contributed by atoms with Crippen molar-refractivity contribution in [3.8, 4) is 0 Å². The molecule has 0 saturated heterocycles. The lowest BCUT2D eigenvalue weighted by molar-refractivity contribution is 0.382. The van der Waals surface area contributed by atoms with Crippen LogP contribution in [-0.4, -0.2) is 20.2 Å². The minimum absolute atomic E-state index is 0.470. The van der Waals surface area contributed by atoms with Crippen molar-refractivity contribution in [1.82, 2.24) is 20.2 Å². The molecule has 0 unspecified atom stereocenters. The molecule has 1 N–H and O–H groups in total. The summed E-state index contributed by atoms with van der Waals surface area (Å²) in [5.41, 5.74) is 0. The average molecular weight is 194 g/mol. The molecular weight excluding hydrogens is 184 g/mol. The van der Waals surface area contributed by atoms with Gasteiger partial charge in [-0.25, -0.2) is 4.68 Å². The second-order valence-corrected chi connectivity index (χ2v) is 4.17. The molecule has 0 spiro atoms. The van der Waals surface area contributed by atoms with Crippen LogP contribution in [0.1, 0.15) is 18.9 Å². The van der Waals surface area contributed by atoms with Crippen LogP contribution in [-0.2, 0) is 0 Å². The number of aromatic nitrogens is 4. The van der Waals surface area contributed by atoms with Crippen molar-refractivity contribution in [3.05, 3.63) is 16.9 Å². The van der Waals surface area contributed by atoms with E-state index >= 15 is 0 Å². The number of nitrogens with zero attached hydrogens (tertiary/aromatic N) is 3. The zero-order valence-electron chi connectivity index (χ0n) is 7.05. The molecule has 0 amide bonds. The summed E-state index contributed by atoms with van der Waals surface area (Å²) in [5, 5.41) is 10.4. The molecule has 5 heteroatoms. The highest BCUT2D eigenvalue weighted by atomic mass is 32.1. The summed E-state index contributed by atoms with van der Waals surface area (Å²) >= 11 is 5.07. The molecule has 0 aliphatic heterocycles. The van der Waals surface area contributed by atoms with Gasteiger partial charge in [0.05, 0.1) is 6.04 Å². The Morgan fingerprint density at radius 1 is 1.46 bits per heavy atom. The van der Waals surface area contributed by atoms with Gasteiger partial charge < -0.3 is 0 Å². The van der Waals surface area contributed by atoms with Crippen LogP contribution in [0.5, 0.6) is 0 Å². The number of nitrogens with one attached hydrogen (secondary N) is 1. The molecule has 1 aromatic heterocycles. The fraction of sp³-hybridized carbons (Fsp3) is 0.625. The number of rotatable bonds is 1. The van der Waals surface area contributed by atoms with Crippen LogP contribution < -0.4 is 0 Å². The predicted molar refractivity (Wildman–Crippen MR) is 49.6 cm³/mol. The molecule has 0 aromatic carbocycles. The summed E-state index contributed by atoms with van der Waals surface area (Å²) in [6, 6.07) is 0.470. The Morgan fingerprint density at radius 3 is 2.92 bits per heavy atom. The molecule has 4 nitrogen and oxygen atoms in total. The van der Waals surface area contributed by atoms with E-state index in [1.165, 1.54) is 12.8 Å². The van der Waals surface area contributed by atoms with Gasteiger partial charge in [0, 0.05) is 0 Å². The molecule has 1 fully saturated rings. The highest BCUT2D eigenvalue weighted by Crippen LogP contribution is 2.45. The fourth-order valence-electron chi connectivity index (χ4n) is 2.47. The summed E-state index contributed by atoms with van der Waals surface area (Å²) < 4.78 is 2.50. The summed E-state index contributed by atoms with van der Waals surface area (Å²) in [5.74, 6) is 1.39. The fourth-order valence-corrected chi connectivity index (χ4v) is 2.69. The lowest BCUT2D eigenvalue weighted by atomic mass is 10.0. The highest BCUT2D eigenvalue weighted by molar-refractivity contribution is 7.71. The largest absolute Gasteiger partial charge is 0.239 e. The van der Waals surface area contributed by atoms with Gasteiger partial charge in [-0.15, -0.1) is 0 Å². The normalized spacial score (nSPS) is 35.8. The highest BCUT2D eigenvalue weighted by Gasteiger charge is 2.37. The zero-order chi connectivity index (χ0) is 8.84. The van der Waals surface area contributed by atoms with Crippen LogP contribution in [0.25, 0.3) is 0 Å². The quantitative estimate of drug-likeness (QED) is 0.544. The van der Waals surface area contributed by atoms with Crippen molar-refractivity contribution in [1.29, 1.82) is 0 Å². The van der Waals surface area contributed by atoms with Crippen molar-refractivity contribution in [2.24, 2.45) is 11.8 Å². The first kappa shape index (κ1) is 7.44. The standard InChI is InChI=1S/C8H10N4S/c13-8-9-10-11-12(8)7-4-5-1-2-6(7)3-5/h1-2,5-7H,3-4H2,(H,9,11,13)/t5-,6-,7-/m1/s1. The van der Waals surface area contributed by atoms with Gasteiger partial charge in [0.2, 0.25) is 4.77 Å². The van der Waals surface area contributed by atoms with E-state index in [-0.39, 0.29) is 0 Å². The molecule has 1 aromatic rings. The maximum Gasteiger partial charge on any atom is 0.238 e. The minimum atomic E-state index is 0.470. The van der Waals surface area contributed by atoms with E-state index in [2.05, 4.69) is 27.7 Å². The molecule has 3 atom stereocenters. The molecule has 1 heterocycles. The summed E-state index contributed by atoms with van der Waals surface area (Å²) in [6.45, 7) is 0. The molecular formula is C8H10N4S. The maximum atomic E-state index is 5.07. The van der Waals surface area contributed by atoms with E-state index in [1.54, 1.807) is 0 Å². The number of hydrogen-bond donors (Lipinski definition) is 1. The molecule has 13 heavy (non-hydrogen) atoms. The monoisotopic (exact) mass is 194 g/mol. The summed E-state index contributed by atoms with van der Waals surface area (Å²) in [4.78, 5) is 0. The van der Waals surface area contributed by atoms with Crippen molar-refractivity contribution >= 4 is 12.2 Å². The Kier molecular flexibility index (Phi) is 1.44. The van der Waals surface area contributed by atoms with Crippen LogP contribution in [0.4, 0.5) is 0 Å². The van der Waals surface area contributed by atoms with E-state index in [4.69, 9.17) is 12.2 Å². The van der Waals surface area contributed by atoms with E-state index in [1.807, 2.05) is 4.68 Å². The van der Waals surface area contributed by atoms with Crippen LogP contribution in [0.3, 0.4) is 0 Å². The number of tetrazole rings is 1. The molecule has 68 valence electrons. The number of fused-ring (bicyclic) bond motifs is 2. The molecule has 0 radical (unpaired) electrons. The minimum Gasteiger partial charge on any atom is -0.239 e. The topological polar surface area (TPSA) is 46.5 Å². The summed E-state index contributed by atoms with van der Waals surface area (Å²) in [7, 11) is 0. The van der Waals surface area contributed by atoms with Gasteiger partial charge in [-0.1, -0.05) is 22.5 Å². The van der Waals surface area contributed by atoms with Gasteiger partial charge in [-0.2, -0.15) is 5.21 Å². The zero-order valence-corrected chi connectivity index (χ0v) is 7.87. The first-order chi connectivity index (χ1) is 6.34. The predicted octanol–water partition coefficient (Wildman–Crippen LogP) is 1.47. The van der Waals surface area contributed by atoms with Gasteiger partial charge in [0.1, 0.15) is 0 Å². The van der Waals surface area contributed by atoms with E-state index in [0.717, 1.165) is 5.92 Å². The molecule has 2 aliphatic rings. The van der Waals surface area contributed by atoms with Crippen molar-refractivity contribution < 1.29 is 0 Å². The SMILES string of the molecule is S=c1nn[nH]n1[C@@H]1C[C@@H]2C=C[C@@H]1C2. The van der Waals surface area contributed by atoms with Crippen LogP contribution in [0.15, 0.2) is 12.2 Å². The third-order valence-electron chi connectivity index (χ3n) is 3.07. The van der Waals surface area contributed by atoms with Crippen LogP contribution in [0, 0.1) is 16.6 Å². The number of hydrogen-bond acceptors (Lipinski definition) is 3. The molecule has 1 saturated carbocycles. The van der Waals surface area contributed by atoms with Crippen LogP contribution >= 0.6 is 12.2 Å². The van der Waals surface area contributed by atoms with Crippen molar-refractivity contribution in [3.63, 3.8) is 0 Å². The summed E-state index contributed by atoms with van der Waals surface area (Å²) in [6.07, 6.45) is 7.06. The van der Waals surface area contributed by atoms with Gasteiger partial charge in [0.25, 0.3) is 0 Å². The second kappa shape index (κ2) is 2.51. The average Bonchev–Trinajstić information content (AvgIpc) is 2.77. The Hall–Kier alpha value is -0.970. The lowest BCUT2D eigenvalue weighted by Gasteiger charge is -2.17. The molecule has 3 rings (SSSR count). The third-order valence-corrected chi connectivity index (χ3v) is 3.35. The van der Waals surface area contributed by atoms with Gasteiger partial charge in [-0.05, 0) is 36.9 Å². The molecule has 2 aliphatic carbocycles. The van der Waals surface area contributed by atoms with Gasteiger partial charge >= 0.3 is 0 Å². The lowest BCUT2D eigenvalue weighted by Crippen LogP contribution is -2.15.